The molecule has 4 heterocycles. The van der Waals surface area contributed by atoms with E-state index in [0.29, 0.717) is 54.2 Å². The van der Waals surface area contributed by atoms with E-state index < -0.39 is 6.04 Å². The fraction of sp³-hybridized carbons (Fsp3) is 0.432. The molecule has 3 amide bonds. The van der Waals surface area contributed by atoms with Gasteiger partial charge in [-0.15, -0.1) is 0 Å². The molecule has 2 bridgehead atoms. The van der Waals surface area contributed by atoms with Crippen LogP contribution in [0.3, 0.4) is 0 Å². The molecule has 11 nitrogen and oxygen atoms in total. The van der Waals surface area contributed by atoms with Gasteiger partial charge in [-0.1, -0.05) is 36.6 Å². The number of benzene rings is 2. The van der Waals surface area contributed by atoms with Crippen molar-refractivity contribution in [1.82, 2.24) is 35.3 Å². The average Bonchev–Trinajstić information content (AvgIpc) is 3.49. The largest absolute Gasteiger partial charge is 0.355 e. The van der Waals surface area contributed by atoms with E-state index in [1.807, 2.05) is 25.1 Å². The van der Waals surface area contributed by atoms with Gasteiger partial charge in [0.1, 0.15) is 24.1 Å². The van der Waals surface area contributed by atoms with E-state index in [1.54, 1.807) is 34.1 Å². The first-order valence-corrected chi connectivity index (χ1v) is 17.4. The van der Waals surface area contributed by atoms with Crippen molar-refractivity contribution < 1.29 is 19.2 Å². The van der Waals surface area contributed by atoms with Gasteiger partial charge in [-0.25, -0.2) is 9.97 Å². The van der Waals surface area contributed by atoms with Crippen LogP contribution >= 0.6 is 11.6 Å². The van der Waals surface area contributed by atoms with Gasteiger partial charge in [0.2, 0.25) is 17.7 Å². The number of nitrogens with one attached hydrogen (secondary N) is 2. The Morgan fingerprint density at radius 1 is 1.02 bits per heavy atom. The van der Waals surface area contributed by atoms with Crippen molar-refractivity contribution in [2.45, 2.75) is 90.4 Å². The van der Waals surface area contributed by atoms with Crippen molar-refractivity contribution in [1.29, 1.82) is 0 Å². The van der Waals surface area contributed by atoms with E-state index in [1.165, 1.54) is 6.92 Å². The molecule has 3 aliphatic rings. The molecule has 1 aliphatic carbocycles. The summed E-state index contributed by atoms with van der Waals surface area (Å²) in [5.74, 6) is -0.0254. The highest BCUT2D eigenvalue weighted by molar-refractivity contribution is 6.30. The summed E-state index contributed by atoms with van der Waals surface area (Å²) in [5, 5.41) is 12.1. The third kappa shape index (κ3) is 6.68. The normalized spacial score (nSPS) is 22.7. The predicted molar refractivity (Wildman–Crippen MR) is 185 cm³/mol. The number of piperidine rings is 1. The molecule has 49 heavy (non-hydrogen) atoms. The van der Waals surface area contributed by atoms with Crippen LogP contribution in [0.4, 0.5) is 0 Å². The summed E-state index contributed by atoms with van der Waals surface area (Å²) < 4.78 is 1.66. The van der Waals surface area contributed by atoms with E-state index in [9.17, 15) is 19.2 Å². The summed E-state index contributed by atoms with van der Waals surface area (Å²) in [4.78, 5) is 64.4. The highest BCUT2D eigenvalue weighted by Crippen LogP contribution is 2.59. The van der Waals surface area contributed by atoms with Gasteiger partial charge in [-0.3, -0.25) is 23.9 Å². The molecular weight excluding hydrogens is 642 g/mol. The van der Waals surface area contributed by atoms with Crippen LogP contribution in [0.5, 0.6) is 0 Å². The van der Waals surface area contributed by atoms with E-state index in [-0.39, 0.29) is 48.1 Å². The lowest BCUT2D eigenvalue weighted by Gasteiger charge is -2.27. The van der Waals surface area contributed by atoms with E-state index in [2.05, 4.69) is 26.7 Å². The molecule has 2 aromatic heterocycles. The van der Waals surface area contributed by atoms with E-state index >= 15 is 0 Å². The van der Waals surface area contributed by atoms with Crippen LogP contribution < -0.4 is 10.6 Å². The molecule has 2 aliphatic heterocycles. The quantitative estimate of drug-likeness (QED) is 0.284. The number of aromatic nitrogens is 4. The Morgan fingerprint density at radius 3 is 2.55 bits per heavy atom. The van der Waals surface area contributed by atoms with Crippen molar-refractivity contribution in [2.24, 2.45) is 5.41 Å². The highest BCUT2D eigenvalue weighted by Gasteiger charge is 2.67. The van der Waals surface area contributed by atoms with Crippen molar-refractivity contribution >= 4 is 46.0 Å². The van der Waals surface area contributed by atoms with Crippen molar-refractivity contribution in [3.8, 4) is 11.1 Å². The summed E-state index contributed by atoms with van der Waals surface area (Å²) in [6.45, 7) is 3.89. The Hall–Kier alpha value is -4.64. The fourth-order valence-corrected chi connectivity index (χ4v) is 7.84. The number of hydrogen-bond acceptors (Lipinski definition) is 7. The maximum atomic E-state index is 14.4. The first-order valence-electron chi connectivity index (χ1n) is 17.1. The Morgan fingerprint density at radius 2 is 1.80 bits per heavy atom. The third-order valence-electron chi connectivity index (χ3n) is 10.3. The van der Waals surface area contributed by atoms with Crippen LogP contribution in [-0.2, 0) is 33.9 Å². The Bertz CT molecular complexity index is 1960. The zero-order valence-corrected chi connectivity index (χ0v) is 28.6. The third-order valence-corrected chi connectivity index (χ3v) is 10.5. The highest BCUT2D eigenvalue weighted by atomic mass is 35.5. The smallest absolute Gasteiger partial charge is 0.245 e. The topological polar surface area (TPSA) is 139 Å². The molecule has 2 N–H and O–H groups in total. The first kappa shape index (κ1) is 32.9. The monoisotopic (exact) mass is 681 g/mol. The Balaban J connectivity index is 1.26. The van der Waals surface area contributed by atoms with Crippen LogP contribution in [0.15, 0.2) is 48.8 Å². The number of halogens is 1. The average molecular weight is 682 g/mol. The number of ketones is 1. The molecule has 0 spiro atoms. The van der Waals surface area contributed by atoms with Crippen LogP contribution in [0.25, 0.3) is 22.0 Å². The SMILES string of the molecule is CC(=O)c1nn2c3c(cc(-c4cnc(C)nc4)cc13)CCCCCCC(=O)NC[C@@]13C[C@@H](C(=O)NCc4cccc(Cl)c4)N(C(=O)C2)[C@@H]1C3. The number of rotatable bonds is 5. The van der Waals surface area contributed by atoms with Crippen LogP contribution in [0.1, 0.15) is 79.3 Å². The lowest BCUT2D eigenvalue weighted by Crippen LogP contribution is -2.48. The second-order valence-electron chi connectivity index (χ2n) is 13.8. The minimum atomic E-state index is -0.706. The zero-order chi connectivity index (χ0) is 34.3. The maximum absolute atomic E-state index is 14.4. The van der Waals surface area contributed by atoms with Gasteiger partial charge in [0.25, 0.3) is 0 Å². The first-order chi connectivity index (χ1) is 23.6. The second kappa shape index (κ2) is 13.3. The molecule has 0 radical (unpaired) electrons. The zero-order valence-electron chi connectivity index (χ0n) is 27.8. The molecular formula is C37H40ClN7O4. The van der Waals surface area contributed by atoms with Gasteiger partial charge < -0.3 is 15.5 Å². The molecule has 12 heteroatoms. The van der Waals surface area contributed by atoms with Crippen LogP contribution in [0.2, 0.25) is 5.02 Å². The number of aryl methyl sites for hydroxylation is 2. The summed E-state index contributed by atoms with van der Waals surface area (Å²) >= 11 is 6.16. The molecule has 2 fully saturated rings. The number of nitrogens with zero attached hydrogens (tertiary/aromatic N) is 5. The predicted octanol–water partition coefficient (Wildman–Crippen LogP) is 4.96. The second-order valence-corrected chi connectivity index (χ2v) is 14.2. The molecule has 0 unspecified atom stereocenters. The van der Waals surface area contributed by atoms with Gasteiger partial charge in [0.15, 0.2) is 5.78 Å². The van der Waals surface area contributed by atoms with Gasteiger partial charge in [-0.2, -0.15) is 5.10 Å². The maximum Gasteiger partial charge on any atom is 0.245 e. The minimum absolute atomic E-state index is 0.00250. The minimum Gasteiger partial charge on any atom is -0.355 e. The van der Waals surface area contributed by atoms with Crippen LogP contribution in [0, 0.1) is 12.3 Å². The molecule has 7 rings (SSSR count). The number of Topliss-reactive ketones (excluding diaryl/α,β-unsaturated/α-hetero) is 1. The molecule has 1 saturated heterocycles. The Labute approximate surface area is 289 Å². The number of carbonyl (C=O) groups is 4. The molecule has 3 atom stereocenters. The fourth-order valence-electron chi connectivity index (χ4n) is 7.63. The molecule has 1 saturated carbocycles. The van der Waals surface area contributed by atoms with Crippen LogP contribution in [-0.4, -0.2) is 66.8 Å². The lowest BCUT2D eigenvalue weighted by atomic mass is 9.96. The van der Waals surface area contributed by atoms with Crippen molar-refractivity contribution in [2.75, 3.05) is 6.54 Å². The Kier molecular flexibility index (Phi) is 8.96. The van der Waals surface area contributed by atoms with Gasteiger partial charge >= 0.3 is 0 Å². The van der Waals surface area contributed by atoms with Crippen molar-refractivity contribution in [3.63, 3.8) is 0 Å². The van der Waals surface area contributed by atoms with E-state index in [4.69, 9.17) is 16.7 Å². The number of hydrogen-bond donors (Lipinski definition) is 2. The van der Waals surface area contributed by atoms with Gasteiger partial charge in [0, 0.05) is 66.3 Å². The summed E-state index contributed by atoms with van der Waals surface area (Å²) in [6.07, 6.45) is 9.34. The van der Waals surface area contributed by atoms with Gasteiger partial charge in [0.05, 0.1) is 5.52 Å². The molecule has 254 valence electrons. The van der Waals surface area contributed by atoms with Gasteiger partial charge in [-0.05, 0) is 80.0 Å². The number of amides is 3. The standard InChI is InChI=1S/C37H40ClN7O4/c1-22(46)34-29-14-26(27-18-39-23(2)40-19-27)13-25-9-5-3-4-6-11-32(47)42-21-37-15-30(36(49)41-17-24-8-7-10-28(38)12-24)45(31(37)16-37)33(48)20-44(43-34)35(25)29/h7-8,10,12-14,18-19,30-31H,3-6,9,11,15-17,20-21H2,1-2H3,(H,41,49)(H,42,47)/t30-,31+,37-/m0/s1. The molecule has 2 aromatic carbocycles. The van der Waals surface area contributed by atoms with Crippen molar-refractivity contribution in [3.05, 3.63) is 76.5 Å². The summed E-state index contributed by atoms with van der Waals surface area (Å²) in [6, 6.07) is 10.4. The molecule has 4 aromatic rings. The lowest BCUT2D eigenvalue weighted by molar-refractivity contribution is -0.140. The van der Waals surface area contributed by atoms with E-state index in [0.717, 1.165) is 53.5 Å². The summed E-state index contributed by atoms with van der Waals surface area (Å²) in [5.41, 5.74) is 4.22. The summed E-state index contributed by atoms with van der Waals surface area (Å²) in [7, 11) is 0. The number of carbonyl (C=O) groups excluding carboxylic acids is 4.